The minimum atomic E-state index is -0.0434. The number of fused-ring (bicyclic) bond motifs is 1. The zero-order valence-electron chi connectivity index (χ0n) is 13.3. The molecule has 0 unspecified atom stereocenters. The number of hydrogen-bond donors (Lipinski definition) is 0. The molecule has 0 fully saturated rings. The second-order valence-corrected chi connectivity index (χ2v) is 6.18. The summed E-state index contributed by atoms with van der Waals surface area (Å²) in [7, 11) is 0. The SMILES string of the molecule is CC(C)N1N=C(C(=O)N2CCn3cccc3[C@@H]2C)CCC1=O. The first kappa shape index (κ1) is 14.8. The maximum Gasteiger partial charge on any atom is 0.270 e. The van der Waals surface area contributed by atoms with Crippen LogP contribution >= 0.6 is 0 Å². The number of nitrogens with zero attached hydrogens (tertiary/aromatic N) is 4. The fourth-order valence-electron chi connectivity index (χ4n) is 3.15. The van der Waals surface area contributed by atoms with Crippen molar-refractivity contribution >= 4 is 17.5 Å². The summed E-state index contributed by atoms with van der Waals surface area (Å²) < 4.78 is 2.18. The molecular formula is C16H22N4O2. The summed E-state index contributed by atoms with van der Waals surface area (Å²) in [6, 6.07) is 4.07. The highest BCUT2D eigenvalue weighted by Gasteiger charge is 2.33. The summed E-state index contributed by atoms with van der Waals surface area (Å²) in [5.74, 6) is -0.0507. The summed E-state index contributed by atoms with van der Waals surface area (Å²) in [4.78, 5) is 26.5. The van der Waals surface area contributed by atoms with Gasteiger partial charge in [-0.25, -0.2) is 5.01 Å². The molecule has 0 bridgehead atoms. The molecule has 3 heterocycles. The molecule has 118 valence electrons. The molecule has 0 aromatic carbocycles. The normalized spacial score (nSPS) is 21.9. The van der Waals surface area contributed by atoms with E-state index in [1.54, 1.807) is 0 Å². The predicted octanol–water partition coefficient (Wildman–Crippen LogP) is 1.78. The van der Waals surface area contributed by atoms with E-state index in [0.29, 0.717) is 25.1 Å². The van der Waals surface area contributed by atoms with Gasteiger partial charge < -0.3 is 9.47 Å². The number of hydrogen-bond acceptors (Lipinski definition) is 3. The Hall–Kier alpha value is -2.11. The van der Waals surface area contributed by atoms with Crippen LogP contribution in [0.3, 0.4) is 0 Å². The topological polar surface area (TPSA) is 57.9 Å². The van der Waals surface area contributed by atoms with Gasteiger partial charge in [0.25, 0.3) is 5.91 Å². The van der Waals surface area contributed by atoms with Crippen molar-refractivity contribution in [3.63, 3.8) is 0 Å². The second kappa shape index (κ2) is 5.59. The van der Waals surface area contributed by atoms with Crippen LogP contribution < -0.4 is 0 Å². The molecule has 22 heavy (non-hydrogen) atoms. The standard InChI is InChI=1S/C16H22N4O2/c1-11(2)20-15(21)7-6-13(17-20)16(22)19-10-9-18-8-4-5-14(18)12(19)3/h4-5,8,11-12H,6-7,9-10H2,1-3H3/t12-/m0/s1. The average Bonchev–Trinajstić information content (AvgIpc) is 2.96. The molecule has 6 heteroatoms. The Balaban J connectivity index is 1.83. The molecule has 6 nitrogen and oxygen atoms in total. The van der Waals surface area contributed by atoms with Gasteiger partial charge in [0.15, 0.2) is 0 Å². The van der Waals surface area contributed by atoms with Crippen LogP contribution in [0.15, 0.2) is 23.4 Å². The number of hydrazone groups is 1. The van der Waals surface area contributed by atoms with E-state index >= 15 is 0 Å². The monoisotopic (exact) mass is 302 g/mol. The van der Waals surface area contributed by atoms with Gasteiger partial charge in [-0.15, -0.1) is 0 Å². The average molecular weight is 302 g/mol. The number of rotatable bonds is 2. The van der Waals surface area contributed by atoms with Crippen LogP contribution in [-0.2, 0) is 16.1 Å². The number of carbonyl (C=O) groups is 2. The van der Waals surface area contributed by atoms with Gasteiger partial charge in [-0.3, -0.25) is 9.59 Å². The molecule has 0 N–H and O–H groups in total. The maximum atomic E-state index is 12.8. The van der Waals surface area contributed by atoms with Crippen LogP contribution in [-0.4, -0.2) is 44.6 Å². The van der Waals surface area contributed by atoms with Gasteiger partial charge in [0.1, 0.15) is 5.71 Å². The van der Waals surface area contributed by atoms with Gasteiger partial charge in [0, 0.05) is 43.9 Å². The van der Waals surface area contributed by atoms with E-state index in [2.05, 4.69) is 15.7 Å². The number of amides is 2. The molecule has 1 aromatic rings. The number of carbonyl (C=O) groups excluding carboxylic acids is 2. The molecule has 0 spiro atoms. The summed E-state index contributed by atoms with van der Waals surface area (Å²) in [6.45, 7) is 7.34. The van der Waals surface area contributed by atoms with E-state index in [-0.39, 0.29) is 23.9 Å². The summed E-state index contributed by atoms with van der Waals surface area (Å²) >= 11 is 0. The zero-order valence-corrected chi connectivity index (χ0v) is 13.3. The van der Waals surface area contributed by atoms with Crippen molar-refractivity contribution in [3.05, 3.63) is 24.0 Å². The van der Waals surface area contributed by atoms with Crippen LogP contribution in [0.5, 0.6) is 0 Å². The largest absolute Gasteiger partial charge is 0.348 e. The molecular weight excluding hydrogens is 280 g/mol. The van der Waals surface area contributed by atoms with E-state index in [4.69, 9.17) is 0 Å². The van der Waals surface area contributed by atoms with Crippen LogP contribution in [0.4, 0.5) is 0 Å². The third kappa shape index (κ3) is 2.42. The molecule has 0 aliphatic carbocycles. The van der Waals surface area contributed by atoms with Gasteiger partial charge in [-0.05, 0) is 32.9 Å². The molecule has 2 aliphatic heterocycles. The summed E-state index contributed by atoms with van der Waals surface area (Å²) in [5.41, 5.74) is 1.65. The summed E-state index contributed by atoms with van der Waals surface area (Å²) in [6.07, 6.45) is 2.84. The van der Waals surface area contributed by atoms with Crippen LogP contribution in [0.25, 0.3) is 0 Å². The quantitative estimate of drug-likeness (QED) is 0.836. The van der Waals surface area contributed by atoms with E-state index in [1.807, 2.05) is 37.9 Å². The minimum Gasteiger partial charge on any atom is -0.348 e. The molecule has 0 saturated carbocycles. The molecule has 2 aliphatic rings. The Morgan fingerprint density at radius 2 is 2.09 bits per heavy atom. The van der Waals surface area contributed by atoms with E-state index in [9.17, 15) is 9.59 Å². The fraction of sp³-hybridized carbons (Fsp3) is 0.562. The lowest BCUT2D eigenvalue weighted by atomic mass is 10.1. The van der Waals surface area contributed by atoms with Crippen LogP contribution in [0.1, 0.15) is 45.3 Å². The van der Waals surface area contributed by atoms with Crippen LogP contribution in [0, 0.1) is 0 Å². The Morgan fingerprint density at radius 3 is 2.82 bits per heavy atom. The lowest BCUT2D eigenvalue weighted by Crippen LogP contribution is -2.47. The van der Waals surface area contributed by atoms with Gasteiger partial charge in [0.05, 0.1) is 6.04 Å². The fourth-order valence-corrected chi connectivity index (χ4v) is 3.15. The van der Waals surface area contributed by atoms with E-state index < -0.39 is 0 Å². The first-order chi connectivity index (χ1) is 10.5. The third-order valence-electron chi connectivity index (χ3n) is 4.40. The molecule has 2 amide bonds. The first-order valence-corrected chi connectivity index (χ1v) is 7.84. The highest BCUT2D eigenvalue weighted by molar-refractivity contribution is 6.39. The Kier molecular flexibility index (Phi) is 3.76. The van der Waals surface area contributed by atoms with Gasteiger partial charge in [-0.2, -0.15) is 5.10 Å². The van der Waals surface area contributed by atoms with Crippen molar-refractivity contribution in [3.8, 4) is 0 Å². The van der Waals surface area contributed by atoms with Crippen molar-refractivity contribution in [1.29, 1.82) is 0 Å². The van der Waals surface area contributed by atoms with Crippen molar-refractivity contribution in [2.75, 3.05) is 6.54 Å². The molecule has 1 aromatic heterocycles. The van der Waals surface area contributed by atoms with Gasteiger partial charge in [-0.1, -0.05) is 0 Å². The van der Waals surface area contributed by atoms with Gasteiger partial charge >= 0.3 is 0 Å². The molecule has 0 radical (unpaired) electrons. The Bertz CT molecular complexity index is 632. The lowest BCUT2D eigenvalue weighted by molar-refractivity contribution is -0.134. The van der Waals surface area contributed by atoms with Crippen LogP contribution in [0.2, 0.25) is 0 Å². The Morgan fingerprint density at radius 1 is 1.32 bits per heavy atom. The molecule has 1 atom stereocenters. The minimum absolute atomic E-state index is 0.00730. The van der Waals surface area contributed by atoms with Gasteiger partial charge in [0.2, 0.25) is 5.91 Å². The maximum absolute atomic E-state index is 12.8. The van der Waals surface area contributed by atoms with Crippen molar-refractivity contribution in [1.82, 2.24) is 14.5 Å². The highest BCUT2D eigenvalue weighted by atomic mass is 16.2. The highest BCUT2D eigenvalue weighted by Crippen LogP contribution is 2.26. The Labute approximate surface area is 130 Å². The lowest BCUT2D eigenvalue weighted by Gasteiger charge is -2.36. The van der Waals surface area contributed by atoms with Crippen molar-refractivity contribution in [2.24, 2.45) is 5.10 Å². The molecule has 0 saturated heterocycles. The van der Waals surface area contributed by atoms with Crippen molar-refractivity contribution < 1.29 is 9.59 Å². The van der Waals surface area contributed by atoms with E-state index in [0.717, 1.165) is 12.2 Å². The smallest absolute Gasteiger partial charge is 0.270 e. The predicted molar refractivity (Wildman–Crippen MR) is 83.2 cm³/mol. The van der Waals surface area contributed by atoms with E-state index in [1.165, 1.54) is 5.01 Å². The molecule has 3 rings (SSSR count). The van der Waals surface area contributed by atoms with Crippen molar-refractivity contribution in [2.45, 2.75) is 52.2 Å². The number of aromatic nitrogens is 1. The zero-order chi connectivity index (χ0) is 15.9. The first-order valence-electron chi connectivity index (χ1n) is 7.84. The second-order valence-electron chi connectivity index (χ2n) is 6.18. The summed E-state index contributed by atoms with van der Waals surface area (Å²) in [5, 5.41) is 5.76. The third-order valence-corrected chi connectivity index (χ3v) is 4.40.